The van der Waals surface area contributed by atoms with Gasteiger partial charge in [0.05, 0.1) is 0 Å². The van der Waals surface area contributed by atoms with E-state index in [1.165, 1.54) is 7.05 Å². The van der Waals surface area contributed by atoms with Gasteiger partial charge in [-0.2, -0.15) is 8.78 Å². The van der Waals surface area contributed by atoms with Gasteiger partial charge in [0.15, 0.2) is 6.17 Å². The maximum absolute atomic E-state index is 11.7. The van der Waals surface area contributed by atoms with E-state index >= 15 is 0 Å². The molecule has 0 amide bonds. The summed E-state index contributed by atoms with van der Waals surface area (Å²) >= 11 is 0. The van der Waals surface area contributed by atoms with Gasteiger partial charge in [-0.25, -0.2) is 9.18 Å². The molecular weight excluding hydrogens is 163 g/mol. The van der Waals surface area contributed by atoms with E-state index in [0.717, 1.165) is 0 Å². The first-order valence-electron chi connectivity index (χ1n) is 2.72. The van der Waals surface area contributed by atoms with E-state index in [2.05, 4.69) is 5.73 Å². The molecule has 68 valence electrons. The highest BCUT2D eigenvalue weighted by Crippen LogP contribution is 2.20. The summed E-state index contributed by atoms with van der Waals surface area (Å²) in [5.74, 6) is -6.68. The highest BCUT2D eigenvalue weighted by atomic mass is 19.3. The fourth-order valence-corrected chi connectivity index (χ4v) is 0.170. The molecule has 0 bridgehead atoms. The van der Waals surface area contributed by atoms with Crippen molar-refractivity contribution in [3.63, 3.8) is 0 Å². The molecule has 0 aromatic rings. The van der Waals surface area contributed by atoms with E-state index in [-0.39, 0.29) is 0 Å². The number of halogens is 3. The predicted molar refractivity (Wildman–Crippen MR) is 33.3 cm³/mol. The Hall–Kier alpha value is -0.780. The monoisotopic (exact) mass is 173 g/mol. The van der Waals surface area contributed by atoms with Crippen LogP contribution in [0.2, 0.25) is 0 Å². The Labute approximate surface area is 62.0 Å². The molecule has 0 saturated heterocycles. The number of carbonyl (C=O) groups is 1. The van der Waals surface area contributed by atoms with Gasteiger partial charge in [0, 0.05) is 0 Å². The van der Waals surface area contributed by atoms with E-state index in [1.807, 2.05) is 0 Å². The molecule has 0 aliphatic rings. The van der Waals surface area contributed by atoms with Gasteiger partial charge in [0.1, 0.15) is 0 Å². The summed E-state index contributed by atoms with van der Waals surface area (Å²) < 4.78 is 35.0. The molecule has 0 aliphatic carbocycles. The molecule has 0 aromatic carbocycles. The Morgan fingerprint density at radius 1 is 1.55 bits per heavy atom. The Bertz CT molecular complexity index is 127. The minimum atomic E-state index is -4.25. The third-order valence-electron chi connectivity index (χ3n) is 0.785. The van der Waals surface area contributed by atoms with Crippen molar-refractivity contribution in [2.24, 2.45) is 5.73 Å². The van der Waals surface area contributed by atoms with Crippen molar-refractivity contribution in [3.8, 4) is 0 Å². The number of hydrogen-bond donors (Lipinski definition) is 2. The summed E-state index contributed by atoms with van der Waals surface area (Å²) in [6, 6.07) is 0. The molecule has 0 heterocycles. The van der Waals surface area contributed by atoms with Gasteiger partial charge < -0.3 is 10.8 Å². The third-order valence-corrected chi connectivity index (χ3v) is 0.785. The molecule has 0 aromatic heterocycles. The molecular formula is C5H10F3NO2. The summed E-state index contributed by atoms with van der Waals surface area (Å²) in [5.41, 5.74) is 4.50. The van der Waals surface area contributed by atoms with Crippen LogP contribution in [-0.4, -0.2) is 30.2 Å². The Morgan fingerprint density at radius 3 is 1.82 bits per heavy atom. The minimum Gasteiger partial charge on any atom is -0.477 e. The lowest BCUT2D eigenvalue weighted by atomic mass is 10.2. The van der Waals surface area contributed by atoms with Crippen LogP contribution in [0.15, 0.2) is 0 Å². The van der Waals surface area contributed by atoms with Crippen molar-refractivity contribution in [1.29, 1.82) is 0 Å². The zero-order valence-electron chi connectivity index (χ0n) is 6.14. The van der Waals surface area contributed by atoms with Crippen LogP contribution in [0.1, 0.15) is 6.92 Å². The number of rotatable bonds is 2. The third kappa shape index (κ3) is 3.82. The zero-order chi connectivity index (χ0) is 9.65. The summed E-state index contributed by atoms with van der Waals surface area (Å²) in [6.07, 6.45) is -2.64. The van der Waals surface area contributed by atoms with Gasteiger partial charge in [-0.15, -0.1) is 0 Å². The molecule has 3 N–H and O–H groups in total. The smallest absolute Gasteiger partial charge is 0.377 e. The van der Waals surface area contributed by atoms with Crippen LogP contribution in [0.5, 0.6) is 0 Å². The lowest BCUT2D eigenvalue weighted by molar-refractivity contribution is -0.173. The second-order valence-corrected chi connectivity index (χ2v) is 1.54. The molecule has 6 heteroatoms. The van der Waals surface area contributed by atoms with Crippen LogP contribution in [-0.2, 0) is 4.79 Å². The van der Waals surface area contributed by atoms with Crippen molar-refractivity contribution in [3.05, 3.63) is 0 Å². The number of nitrogens with two attached hydrogens (primary N) is 1. The van der Waals surface area contributed by atoms with Gasteiger partial charge in [0.2, 0.25) is 0 Å². The highest BCUT2D eigenvalue weighted by Gasteiger charge is 2.45. The van der Waals surface area contributed by atoms with E-state index < -0.39 is 18.1 Å². The predicted octanol–water partition coefficient (Wildman–Crippen LogP) is 0.639. The Balaban J connectivity index is 0. The standard InChI is InChI=1S/C4H5F3O2.CH5N/c1-2(5)4(6,7)3(8)9;1-2/h2H,1H3,(H,8,9);2H2,1H3. The molecule has 0 radical (unpaired) electrons. The van der Waals surface area contributed by atoms with Gasteiger partial charge in [-0.3, -0.25) is 0 Å². The summed E-state index contributed by atoms with van der Waals surface area (Å²) in [6.45, 7) is 0.494. The Morgan fingerprint density at radius 2 is 1.82 bits per heavy atom. The summed E-state index contributed by atoms with van der Waals surface area (Å²) in [5, 5.41) is 7.62. The quantitative estimate of drug-likeness (QED) is 0.644. The maximum Gasteiger partial charge on any atom is 0.377 e. The number of alkyl halides is 3. The van der Waals surface area contributed by atoms with E-state index in [9.17, 15) is 18.0 Å². The molecule has 0 rings (SSSR count). The molecule has 11 heavy (non-hydrogen) atoms. The van der Waals surface area contributed by atoms with Crippen LogP contribution >= 0.6 is 0 Å². The van der Waals surface area contributed by atoms with Crippen molar-refractivity contribution < 1.29 is 23.1 Å². The van der Waals surface area contributed by atoms with E-state index in [4.69, 9.17) is 5.11 Å². The number of carboxylic acids is 1. The molecule has 3 nitrogen and oxygen atoms in total. The SMILES string of the molecule is CC(F)C(F)(F)C(=O)O.CN. The first kappa shape index (κ1) is 12.9. The number of hydrogen-bond acceptors (Lipinski definition) is 2. The number of carboxylic acid groups (broad SMARTS) is 1. The minimum absolute atomic E-state index is 0.494. The first-order chi connectivity index (χ1) is 4.89. The van der Waals surface area contributed by atoms with Crippen LogP contribution in [0.25, 0.3) is 0 Å². The normalized spacial score (nSPS) is 12.9. The van der Waals surface area contributed by atoms with Gasteiger partial charge in [0.25, 0.3) is 0 Å². The molecule has 0 fully saturated rings. The Kier molecular flexibility index (Phi) is 5.78. The topological polar surface area (TPSA) is 63.3 Å². The molecule has 0 saturated carbocycles. The molecule has 1 unspecified atom stereocenters. The van der Waals surface area contributed by atoms with Gasteiger partial charge in [-0.1, -0.05) is 0 Å². The second kappa shape index (κ2) is 4.95. The van der Waals surface area contributed by atoms with E-state index in [0.29, 0.717) is 6.92 Å². The van der Waals surface area contributed by atoms with E-state index in [1.54, 1.807) is 0 Å². The highest BCUT2D eigenvalue weighted by molar-refractivity contribution is 5.75. The summed E-state index contributed by atoms with van der Waals surface area (Å²) in [7, 11) is 1.50. The molecule has 1 atom stereocenters. The van der Waals surface area contributed by atoms with Crippen LogP contribution in [0.3, 0.4) is 0 Å². The zero-order valence-corrected chi connectivity index (χ0v) is 6.14. The van der Waals surface area contributed by atoms with Gasteiger partial charge in [-0.05, 0) is 14.0 Å². The van der Waals surface area contributed by atoms with Crippen molar-refractivity contribution in [2.75, 3.05) is 7.05 Å². The van der Waals surface area contributed by atoms with Crippen molar-refractivity contribution in [1.82, 2.24) is 0 Å². The lowest BCUT2D eigenvalue weighted by Gasteiger charge is -2.10. The fourth-order valence-electron chi connectivity index (χ4n) is 0.170. The number of aliphatic carboxylic acids is 1. The fraction of sp³-hybridized carbons (Fsp3) is 0.800. The molecule has 0 aliphatic heterocycles. The average Bonchev–Trinajstić information content (AvgIpc) is 1.91. The molecule has 0 spiro atoms. The van der Waals surface area contributed by atoms with Crippen molar-refractivity contribution in [2.45, 2.75) is 19.0 Å². The average molecular weight is 173 g/mol. The van der Waals surface area contributed by atoms with Crippen LogP contribution in [0, 0.1) is 0 Å². The second-order valence-electron chi connectivity index (χ2n) is 1.54. The largest absolute Gasteiger partial charge is 0.477 e. The van der Waals surface area contributed by atoms with Gasteiger partial charge >= 0.3 is 11.9 Å². The maximum atomic E-state index is 11.7. The van der Waals surface area contributed by atoms with Crippen LogP contribution in [0.4, 0.5) is 13.2 Å². The first-order valence-corrected chi connectivity index (χ1v) is 2.72. The summed E-state index contributed by atoms with van der Waals surface area (Å²) in [4.78, 5) is 9.47. The van der Waals surface area contributed by atoms with Crippen LogP contribution < -0.4 is 5.73 Å². The van der Waals surface area contributed by atoms with Crippen molar-refractivity contribution >= 4 is 5.97 Å². The lowest BCUT2D eigenvalue weighted by Crippen LogP contribution is -2.36.